The Morgan fingerprint density at radius 3 is 2.52 bits per heavy atom. The molecule has 3 aliphatic rings. The van der Waals surface area contributed by atoms with Gasteiger partial charge in [-0.2, -0.15) is 0 Å². The van der Waals surface area contributed by atoms with Crippen LogP contribution in [-0.4, -0.2) is 60.2 Å². The van der Waals surface area contributed by atoms with E-state index in [4.69, 9.17) is 28.9 Å². The molecule has 0 spiro atoms. The number of aryl methyl sites for hydroxylation is 1. The molecule has 0 unspecified atom stereocenters. The van der Waals surface area contributed by atoms with Crippen LogP contribution in [0.15, 0.2) is 47.5 Å². The first-order valence-electron chi connectivity index (χ1n) is 17.8. The van der Waals surface area contributed by atoms with E-state index >= 15 is 0 Å². The summed E-state index contributed by atoms with van der Waals surface area (Å²) in [6, 6.07) is 14.7. The molecular formula is C38H56Cl2N4O2. The Labute approximate surface area is 287 Å². The number of aromatic hydroxyl groups is 1. The largest absolute Gasteiger partial charge is 0.508 e. The molecule has 2 saturated carbocycles. The summed E-state index contributed by atoms with van der Waals surface area (Å²) in [6.45, 7) is 5.52. The standard InChI is InChI=1S/C38H56Cl2N4O2/c1-38-18-17-33-32-14-13-31(45)26-29(32)25-28(36(33)34(38)15-16-35(38)46)8-4-2-3-5-21-42-37(41)43-22-6-7-27-9-11-30(12-10-27)44(23-19-39)24-20-40/h9-14,26,28,33-36,45-46H,2-8,15-25H2,1H3,(H3,41,42,43)/t28-,33-,34+,35+,36-,38+/m1/s1. The highest BCUT2D eigenvalue weighted by Gasteiger charge is 2.56. The quantitative estimate of drug-likeness (QED) is 0.0638. The first-order chi connectivity index (χ1) is 22.3. The summed E-state index contributed by atoms with van der Waals surface area (Å²) in [6.07, 6.45) is 13.2. The number of alkyl halides is 2. The maximum absolute atomic E-state index is 10.9. The van der Waals surface area contributed by atoms with Crippen LogP contribution in [0.25, 0.3) is 0 Å². The van der Waals surface area contributed by atoms with Crippen LogP contribution in [0.5, 0.6) is 5.75 Å². The first-order valence-corrected chi connectivity index (χ1v) is 18.9. The summed E-state index contributed by atoms with van der Waals surface area (Å²) in [5, 5.41) is 24.5. The van der Waals surface area contributed by atoms with Gasteiger partial charge in [-0.15, -0.1) is 23.2 Å². The van der Waals surface area contributed by atoms with E-state index in [9.17, 15) is 10.2 Å². The molecule has 0 aliphatic heterocycles. The summed E-state index contributed by atoms with van der Waals surface area (Å²) in [5.74, 6) is 4.57. The number of unbranched alkanes of at least 4 members (excludes halogenated alkanes) is 3. The van der Waals surface area contributed by atoms with Gasteiger partial charge in [-0.25, -0.2) is 0 Å². The van der Waals surface area contributed by atoms with Gasteiger partial charge >= 0.3 is 0 Å². The molecule has 2 aromatic carbocycles. The number of nitrogens with zero attached hydrogens (tertiary/aromatic N) is 2. The number of nitrogens with two attached hydrogens (primary N) is 1. The second kappa shape index (κ2) is 16.8. The minimum absolute atomic E-state index is 0.0731. The third-order valence-electron chi connectivity index (χ3n) is 11.6. The van der Waals surface area contributed by atoms with Crippen LogP contribution in [0.1, 0.15) is 93.7 Å². The van der Waals surface area contributed by atoms with Gasteiger partial charge in [-0.1, -0.05) is 44.4 Å². The van der Waals surface area contributed by atoms with Crippen LogP contribution >= 0.6 is 23.2 Å². The Bertz CT molecular complexity index is 1270. The number of guanidine groups is 1. The molecule has 0 amide bonds. The molecule has 0 heterocycles. The van der Waals surface area contributed by atoms with Crippen LogP contribution < -0.4 is 16.0 Å². The Morgan fingerprint density at radius 1 is 1.00 bits per heavy atom. The molecule has 0 radical (unpaired) electrons. The van der Waals surface area contributed by atoms with Crippen molar-refractivity contribution >= 4 is 34.8 Å². The number of nitrogens with one attached hydrogen (secondary N) is 1. The molecule has 0 saturated heterocycles. The first kappa shape index (κ1) is 35.2. The van der Waals surface area contributed by atoms with Crippen molar-refractivity contribution in [2.24, 2.45) is 33.9 Å². The molecule has 46 heavy (non-hydrogen) atoms. The smallest absolute Gasteiger partial charge is 0.188 e. The van der Waals surface area contributed by atoms with Crippen LogP contribution in [-0.2, 0) is 12.8 Å². The van der Waals surface area contributed by atoms with Gasteiger partial charge in [0.05, 0.1) is 6.10 Å². The van der Waals surface area contributed by atoms with Crippen molar-refractivity contribution in [3.05, 3.63) is 59.2 Å². The molecular weight excluding hydrogens is 615 g/mol. The van der Waals surface area contributed by atoms with E-state index in [1.807, 2.05) is 12.1 Å². The number of hydrogen-bond donors (Lipinski definition) is 4. The van der Waals surface area contributed by atoms with Gasteiger partial charge in [-0.05, 0) is 128 Å². The van der Waals surface area contributed by atoms with Crippen molar-refractivity contribution in [1.29, 1.82) is 0 Å². The van der Waals surface area contributed by atoms with Crippen molar-refractivity contribution in [2.45, 2.75) is 96.0 Å². The number of anilines is 1. The third-order valence-corrected chi connectivity index (χ3v) is 11.9. The lowest BCUT2D eigenvalue weighted by Gasteiger charge is -2.53. The molecule has 5 rings (SSSR count). The van der Waals surface area contributed by atoms with Crippen molar-refractivity contribution in [3.63, 3.8) is 0 Å². The van der Waals surface area contributed by atoms with Crippen LogP contribution in [0.3, 0.4) is 0 Å². The number of phenolic OH excluding ortho intramolecular Hbond substituents is 1. The van der Waals surface area contributed by atoms with Gasteiger partial charge < -0.3 is 26.2 Å². The predicted octanol–water partition coefficient (Wildman–Crippen LogP) is 7.61. The summed E-state index contributed by atoms with van der Waals surface area (Å²) < 4.78 is 0. The Hall–Kier alpha value is -2.15. The number of benzene rings is 2. The van der Waals surface area contributed by atoms with Crippen LogP contribution in [0.4, 0.5) is 5.69 Å². The molecule has 0 bridgehead atoms. The summed E-state index contributed by atoms with van der Waals surface area (Å²) in [5.41, 5.74) is 11.5. The zero-order chi connectivity index (χ0) is 32.5. The van der Waals surface area contributed by atoms with E-state index in [-0.39, 0.29) is 11.5 Å². The van der Waals surface area contributed by atoms with Crippen molar-refractivity contribution in [3.8, 4) is 5.75 Å². The normalized spacial score (nSPS) is 27.1. The van der Waals surface area contributed by atoms with E-state index in [2.05, 4.69) is 52.5 Å². The molecule has 0 aromatic heterocycles. The fourth-order valence-corrected chi connectivity index (χ4v) is 9.53. The summed E-state index contributed by atoms with van der Waals surface area (Å²) in [7, 11) is 0. The predicted molar refractivity (Wildman–Crippen MR) is 194 cm³/mol. The Morgan fingerprint density at radius 2 is 1.76 bits per heavy atom. The average molecular weight is 672 g/mol. The fourth-order valence-electron chi connectivity index (χ4n) is 9.12. The van der Waals surface area contributed by atoms with E-state index in [0.717, 1.165) is 76.7 Å². The van der Waals surface area contributed by atoms with Crippen LogP contribution in [0.2, 0.25) is 0 Å². The number of fused-ring (bicyclic) bond motifs is 5. The van der Waals surface area contributed by atoms with Crippen molar-refractivity contribution in [1.82, 2.24) is 5.32 Å². The summed E-state index contributed by atoms with van der Waals surface area (Å²) in [4.78, 5) is 6.75. The van der Waals surface area contributed by atoms with Crippen LogP contribution in [0, 0.1) is 23.2 Å². The number of halogens is 2. The maximum Gasteiger partial charge on any atom is 0.188 e. The van der Waals surface area contributed by atoms with E-state index in [1.165, 1.54) is 42.4 Å². The Kier molecular flexibility index (Phi) is 12.8. The highest BCUT2D eigenvalue weighted by molar-refractivity contribution is 6.18. The van der Waals surface area contributed by atoms with Gasteiger partial charge in [0.15, 0.2) is 5.96 Å². The van der Waals surface area contributed by atoms with E-state index in [0.29, 0.717) is 53.7 Å². The molecule has 8 heteroatoms. The second-order valence-electron chi connectivity index (χ2n) is 14.3. The molecule has 6 nitrogen and oxygen atoms in total. The molecule has 2 fully saturated rings. The van der Waals surface area contributed by atoms with E-state index < -0.39 is 0 Å². The van der Waals surface area contributed by atoms with Gasteiger partial charge in [0.1, 0.15) is 5.75 Å². The summed E-state index contributed by atoms with van der Waals surface area (Å²) >= 11 is 11.9. The highest BCUT2D eigenvalue weighted by Crippen LogP contribution is 2.62. The SMILES string of the molecule is C[C@]12CC[C@@H]3c4ccc(O)cc4C[C@@H](CCCCCCNC(N)=NCCCc4ccc(N(CCCl)CCCl)cc4)[C@H]3[C@@H]1CC[C@@H]2O. The number of hydrogen-bond acceptors (Lipinski definition) is 4. The fraction of sp³-hybridized carbons (Fsp3) is 0.658. The lowest BCUT2D eigenvalue weighted by Crippen LogP contribution is -2.47. The number of rotatable bonds is 16. The zero-order valence-electron chi connectivity index (χ0n) is 27.8. The lowest BCUT2D eigenvalue weighted by atomic mass is 9.52. The second-order valence-corrected chi connectivity index (χ2v) is 15.1. The van der Waals surface area contributed by atoms with Crippen molar-refractivity contribution < 1.29 is 10.2 Å². The van der Waals surface area contributed by atoms with Gasteiger partial charge in [0.2, 0.25) is 0 Å². The van der Waals surface area contributed by atoms with Crippen molar-refractivity contribution in [2.75, 3.05) is 42.8 Å². The number of aliphatic hydroxyl groups excluding tert-OH is 1. The molecule has 254 valence electrons. The van der Waals surface area contributed by atoms with Gasteiger partial charge in [0, 0.05) is 43.6 Å². The topological polar surface area (TPSA) is 94.1 Å². The minimum atomic E-state index is -0.152. The molecule has 3 aliphatic carbocycles. The number of phenols is 1. The number of aliphatic imine (C=N–C) groups is 1. The average Bonchev–Trinajstić information content (AvgIpc) is 3.36. The Balaban J connectivity index is 1.00. The minimum Gasteiger partial charge on any atom is -0.508 e. The maximum atomic E-state index is 10.9. The molecule has 6 atom stereocenters. The van der Waals surface area contributed by atoms with Gasteiger partial charge in [-0.3, -0.25) is 4.99 Å². The third kappa shape index (κ3) is 8.46. The molecule has 5 N–H and O–H groups in total. The van der Waals surface area contributed by atoms with Gasteiger partial charge in [0.25, 0.3) is 0 Å². The monoisotopic (exact) mass is 670 g/mol. The lowest BCUT2D eigenvalue weighted by molar-refractivity contribution is -0.0396. The zero-order valence-corrected chi connectivity index (χ0v) is 29.3. The molecule has 2 aromatic rings. The number of aliphatic hydroxyl groups is 1. The highest BCUT2D eigenvalue weighted by atomic mass is 35.5. The van der Waals surface area contributed by atoms with E-state index in [1.54, 1.807) is 0 Å².